The number of carbonyl (C=O) groups is 1. The van der Waals surface area contributed by atoms with Gasteiger partial charge in [-0.1, -0.05) is 25.0 Å². The molecule has 2 atom stereocenters. The summed E-state index contributed by atoms with van der Waals surface area (Å²) in [6, 6.07) is 7.41. The van der Waals surface area contributed by atoms with Crippen LogP contribution in [0.25, 0.3) is 0 Å². The summed E-state index contributed by atoms with van der Waals surface area (Å²) >= 11 is 5.67. The number of unbranched alkanes of at least 4 members (excludes halogenated alkanes) is 1. The Kier molecular flexibility index (Phi) is 6.13. The van der Waals surface area contributed by atoms with Crippen molar-refractivity contribution in [1.29, 1.82) is 0 Å². The predicted octanol–water partition coefficient (Wildman–Crippen LogP) is 4.33. The van der Waals surface area contributed by atoms with E-state index in [4.69, 9.17) is 11.6 Å². The number of phenolic OH excluding ortho intramolecular Hbond substituents is 1. The highest BCUT2D eigenvalue weighted by Crippen LogP contribution is 2.41. The van der Waals surface area contributed by atoms with Gasteiger partial charge in [0.1, 0.15) is 5.75 Å². The van der Waals surface area contributed by atoms with Crippen LogP contribution in [-0.2, 0) is 4.79 Å². The van der Waals surface area contributed by atoms with Gasteiger partial charge in [-0.3, -0.25) is 4.79 Å². The van der Waals surface area contributed by atoms with Gasteiger partial charge in [0.05, 0.1) is 0 Å². The number of carbonyl (C=O) groups excluding carboxylic acids is 1. The molecule has 0 aliphatic heterocycles. The third-order valence-corrected chi connectivity index (χ3v) is 4.98. The molecule has 0 bridgehead atoms. The Bertz CT molecular complexity index is 488. The quantitative estimate of drug-likeness (QED) is 0.604. The van der Waals surface area contributed by atoms with E-state index in [9.17, 15) is 9.90 Å². The number of amides is 1. The first-order chi connectivity index (χ1) is 10.5. The fourth-order valence-corrected chi connectivity index (χ4v) is 3.67. The Morgan fingerprint density at radius 1 is 1.32 bits per heavy atom. The first-order valence-corrected chi connectivity index (χ1v) is 8.74. The lowest BCUT2D eigenvalue weighted by atomic mass is 9.70. The summed E-state index contributed by atoms with van der Waals surface area (Å²) in [5.41, 5.74) is 0.994. The predicted molar refractivity (Wildman–Crippen MR) is 90.4 cm³/mol. The number of alkyl halides is 1. The van der Waals surface area contributed by atoms with Gasteiger partial charge in [0.15, 0.2) is 0 Å². The van der Waals surface area contributed by atoms with Crippen molar-refractivity contribution < 1.29 is 9.90 Å². The fourth-order valence-electron chi connectivity index (χ4n) is 3.49. The van der Waals surface area contributed by atoms with Crippen LogP contribution in [-0.4, -0.2) is 22.4 Å². The number of rotatable bonds is 6. The van der Waals surface area contributed by atoms with Crippen LogP contribution >= 0.6 is 11.6 Å². The highest BCUT2D eigenvalue weighted by molar-refractivity contribution is 6.17. The van der Waals surface area contributed by atoms with Gasteiger partial charge in [0, 0.05) is 23.8 Å². The summed E-state index contributed by atoms with van der Waals surface area (Å²) < 4.78 is 0. The zero-order valence-corrected chi connectivity index (χ0v) is 14.0. The van der Waals surface area contributed by atoms with Gasteiger partial charge < -0.3 is 10.4 Å². The van der Waals surface area contributed by atoms with E-state index in [1.165, 1.54) is 12.0 Å². The highest BCUT2D eigenvalue weighted by Gasteiger charge is 2.38. The van der Waals surface area contributed by atoms with E-state index in [2.05, 4.69) is 12.2 Å². The van der Waals surface area contributed by atoms with Crippen LogP contribution in [0.3, 0.4) is 0 Å². The van der Waals surface area contributed by atoms with Crippen molar-refractivity contribution >= 4 is 17.5 Å². The van der Waals surface area contributed by atoms with Crippen LogP contribution in [0.1, 0.15) is 63.4 Å². The average Bonchev–Trinajstić information content (AvgIpc) is 2.49. The normalized spacial score (nSPS) is 24.9. The first-order valence-electron chi connectivity index (χ1n) is 8.21. The molecule has 0 heterocycles. The molecule has 3 nitrogen and oxygen atoms in total. The molecule has 0 aromatic heterocycles. The van der Waals surface area contributed by atoms with Crippen molar-refractivity contribution in [3.05, 3.63) is 29.8 Å². The maximum Gasteiger partial charge on any atom is 0.220 e. The fraction of sp³-hybridized carbons (Fsp3) is 0.611. The summed E-state index contributed by atoms with van der Waals surface area (Å²) in [6.07, 6.45) is 6.67. The van der Waals surface area contributed by atoms with Gasteiger partial charge in [0.2, 0.25) is 5.91 Å². The summed E-state index contributed by atoms with van der Waals surface area (Å²) in [4.78, 5) is 12.2. The Morgan fingerprint density at radius 3 is 2.73 bits per heavy atom. The molecule has 22 heavy (non-hydrogen) atoms. The van der Waals surface area contributed by atoms with E-state index in [0.717, 1.165) is 32.1 Å². The molecule has 2 rings (SSSR count). The van der Waals surface area contributed by atoms with Gasteiger partial charge in [-0.15, -0.1) is 11.6 Å². The Hall–Kier alpha value is -1.22. The van der Waals surface area contributed by atoms with Crippen molar-refractivity contribution in [1.82, 2.24) is 5.32 Å². The number of benzene rings is 1. The first kappa shape index (κ1) is 17.1. The van der Waals surface area contributed by atoms with Crippen molar-refractivity contribution in [2.24, 2.45) is 0 Å². The van der Waals surface area contributed by atoms with Crippen LogP contribution < -0.4 is 5.32 Å². The molecule has 1 aliphatic rings. The molecular formula is C18H26ClNO2. The Balaban J connectivity index is 2.07. The molecule has 1 aliphatic carbocycles. The topological polar surface area (TPSA) is 49.3 Å². The largest absolute Gasteiger partial charge is 0.508 e. The summed E-state index contributed by atoms with van der Waals surface area (Å²) in [5, 5.41) is 12.7. The molecule has 122 valence electrons. The molecule has 0 spiro atoms. The molecule has 1 fully saturated rings. The second-order valence-corrected chi connectivity index (χ2v) is 6.88. The van der Waals surface area contributed by atoms with E-state index >= 15 is 0 Å². The summed E-state index contributed by atoms with van der Waals surface area (Å²) in [7, 11) is 0. The van der Waals surface area contributed by atoms with E-state index in [-0.39, 0.29) is 17.2 Å². The van der Waals surface area contributed by atoms with Crippen LogP contribution in [0.5, 0.6) is 5.75 Å². The van der Waals surface area contributed by atoms with Crippen molar-refractivity contribution in [2.75, 3.05) is 5.88 Å². The summed E-state index contributed by atoms with van der Waals surface area (Å²) in [6.45, 7) is 2.16. The second kappa shape index (κ2) is 7.87. The van der Waals surface area contributed by atoms with Gasteiger partial charge in [0.25, 0.3) is 0 Å². The molecular weight excluding hydrogens is 298 g/mol. The summed E-state index contributed by atoms with van der Waals surface area (Å²) in [5.74, 6) is 1.32. The maximum atomic E-state index is 12.2. The lowest BCUT2D eigenvalue weighted by Gasteiger charge is -2.42. The van der Waals surface area contributed by atoms with Gasteiger partial charge >= 0.3 is 0 Å². The molecule has 2 N–H and O–H groups in total. The third kappa shape index (κ3) is 4.39. The molecule has 1 aromatic carbocycles. The maximum absolute atomic E-state index is 12.2. The number of aromatic hydroxyl groups is 1. The zero-order valence-electron chi connectivity index (χ0n) is 13.3. The van der Waals surface area contributed by atoms with Crippen molar-refractivity contribution in [3.8, 4) is 5.75 Å². The SMILES string of the molecule is CC1(NC(=O)CCCCCl)CCCCC1c1ccc(O)cc1. The average molecular weight is 324 g/mol. The number of nitrogens with one attached hydrogen (secondary N) is 1. The lowest BCUT2D eigenvalue weighted by Crippen LogP contribution is -2.51. The molecule has 4 heteroatoms. The minimum atomic E-state index is -0.201. The van der Waals surface area contributed by atoms with Crippen LogP contribution in [0, 0.1) is 0 Å². The second-order valence-electron chi connectivity index (χ2n) is 6.50. The molecule has 1 saturated carbocycles. The van der Waals surface area contributed by atoms with Crippen LogP contribution in [0.15, 0.2) is 24.3 Å². The standard InChI is InChI=1S/C18H26ClNO2/c1-18(20-17(22)7-3-5-13-19)12-4-2-6-16(18)14-8-10-15(21)11-9-14/h8-11,16,21H,2-7,12-13H2,1H3,(H,20,22). The van der Waals surface area contributed by atoms with E-state index in [1.54, 1.807) is 12.1 Å². The zero-order chi connectivity index (χ0) is 16.0. The van der Waals surface area contributed by atoms with E-state index < -0.39 is 0 Å². The molecule has 0 saturated heterocycles. The van der Waals surface area contributed by atoms with Gasteiger partial charge in [-0.05, 0) is 50.3 Å². The number of hydrogen-bond acceptors (Lipinski definition) is 2. The monoisotopic (exact) mass is 323 g/mol. The minimum absolute atomic E-state index is 0.123. The minimum Gasteiger partial charge on any atom is -0.508 e. The molecule has 0 radical (unpaired) electrons. The Morgan fingerprint density at radius 2 is 2.05 bits per heavy atom. The van der Waals surface area contributed by atoms with Crippen LogP contribution in [0.4, 0.5) is 0 Å². The molecule has 1 aromatic rings. The smallest absolute Gasteiger partial charge is 0.220 e. The van der Waals surface area contributed by atoms with Crippen molar-refractivity contribution in [3.63, 3.8) is 0 Å². The van der Waals surface area contributed by atoms with Gasteiger partial charge in [-0.2, -0.15) is 0 Å². The Labute approximate surface area is 138 Å². The van der Waals surface area contributed by atoms with Crippen LogP contribution in [0.2, 0.25) is 0 Å². The van der Waals surface area contributed by atoms with Gasteiger partial charge in [-0.25, -0.2) is 0 Å². The number of halogens is 1. The number of phenols is 1. The van der Waals surface area contributed by atoms with E-state index in [1.807, 2.05) is 12.1 Å². The molecule has 2 unspecified atom stereocenters. The lowest BCUT2D eigenvalue weighted by molar-refractivity contribution is -0.123. The number of hydrogen-bond donors (Lipinski definition) is 2. The van der Waals surface area contributed by atoms with E-state index in [0.29, 0.717) is 18.2 Å². The molecule has 1 amide bonds. The van der Waals surface area contributed by atoms with Crippen molar-refractivity contribution in [2.45, 2.75) is 63.3 Å². The highest BCUT2D eigenvalue weighted by atomic mass is 35.5. The third-order valence-electron chi connectivity index (χ3n) is 4.72.